The van der Waals surface area contributed by atoms with E-state index in [1.807, 2.05) is 0 Å². The molecule has 27 heavy (non-hydrogen) atoms. The second-order valence-electron chi connectivity index (χ2n) is 8.49. The number of aryl methyl sites for hydroxylation is 1. The molecule has 7 heteroatoms. The molecule has 2 aliphatic rings. The number of guanidine groups is 1. The zero-order valence-corrected chi connectivity index (χ0v) is 19.6. The highest BCUT2D eigenvalue weighted by molar-refractivity contribution is 14.0. The lowest BCUT2D eigenvalue weighted by atomic mass is 9.78. The summed E-state index contributed by atoms with van der Waals surface area (Å²) in [5.74, 6) is 3.78. The van der Waals surface area contributed by atoms with Gasteiger partial charge >= 0.3 is 0 Å². The summed E-state index contributed by atoms with van der Waals surface area (Å²) in [5, 5.41) is 15.7. The maximum absolute atomic E-state index is 4.81. The molecule has 0 aromatic carbocycles. The van der Waals surface area contributed by atoms with Crippen molar-refractivity contribution < 1.29 is 0 Å². The fourth-order valence-corrected chi connectivity index (χ4v) is 4.69. The maximum atomic E-state index is 4.81. The average Bonchev–Trinajstić information content (AvgIpc) is 3.24. The van der Waals surface area contributed by atoms with Crippen molar-refractivity contribution in [2.75, 3.05) is 13.1 Å². The van der Waals surface area contributed by atoms with Gasteiger partial charge in [0, 0.05) is 26.1 Å². The Balaban J connectivity index is 0.00000261. The molecule has 0 unspecified atom stereocenters. The van der Waals surface area contributed by atoms with Gasteiger partial charge in [-0.1, -0.05) is 26.7 Å². The van der Waals surface area contributed by atoms with E-state index in [4.69, 9.17) is 4.99 Å². The van der Waals surface area contributed by atoms with Crippen LogP contribution in [0.15, 0.2) is 4.99 Å². The van der Waals surface area contributed by atoms with Gasteiger partial charge in [0.25, 0.3) is 0 Å². The first-order valence-corrected chi connectivity index (χ1v) is 10.5. The predicted octanol–water partition coefficient (Wildman–Crippen LogP) is 3.89. The molecule has 1 aromatic rings. The maximum Gasteiger partial charge on any atom is 0.191 e. The average molecular weight is 488 g/mol. The summed E-state index contributed by atoms with van der Waals surface area (Å²) in [6.07, 6.45) is 10.2. The number of aliphatic imine (C=N–C) groups is 1. The Kier molecular flexibility index (Phi) is 8.82. The van der Waals surface area contributed by atoms with Crippen molar-refractivity contribution in [3.8, 4) is 0 Å². The minimum atomic E-state index is 0. The number of hydrogen-bond acceptors (Lipinski definition) is 3. The Bertz CT molecular complexity index is 604. The first kappa shape index (κ1) is 22.4. The SMILES string of the molecule is CCNC(=NCc1nnc2n1CCCC2)NCC1(CC(C)C)CCCC1.I. The molecule has 0 bridgehead atoms. The minimum absolute atomic E-state index is 0. The number of rotatable bonds is 7. The van der Waals surface area contributed by atoms with Crippen molar-refractivity contribution in [1.29, 1.82) is 0 Å². The molecule has 154 valence electrons. The van der Waals surface area contributed by atoms with Crippen molar-refractivity contribution in [2.24, 2.45) is 16.3 Å². The molecule has 2 heterocycles. The highest BCUT2D eigenvalue weighted by Gasteiger charge is 2.34. The van der Waals surface area contributed by atoms with E-state index in [2.05, 4.69) is 46.2 Å². The number of fused-ring (bicyclic) bond motifs is 1. The monoisotopic (exact) mass is 488 g/mol. The molecule has 0 spiro atoms. The second-order valence-corrected chi connectivity index (χ2v) is 8.49. The zero-order valence-electron chi connectivity index (χ0n) is 17.3. The van der Waals surface area contributed by atoms with Crippen molar-refractivity contribution in [3.05, 3.63) is 11.6 Å². The van der Waals surface area contributed by atoms with Crippen LogP contribution in [0.5, 0.6) is 0 Å². The van der Waals surface area contributed by atoms with Crippen LogP contribution >= 0.6 is 24.0 Å². The van der Waals surface area contributed by atoms with Crippen LogP contribution in [0.1, 0.15) is 77.4 Å². The molecule has 0 saturated heterocycles. The van der Waals surface area contributed by atoms with Crippen LogP contribution in [0.25, 0.3) is 0 Å². The highest BCUT2D eigenvalue weighted by atomic mass is 127. The normalized spacial score (nSPS) is 18.9. The van der Waals surface area contributed by atoms with Crippen molar-refractivity contribution in [2.45, 2.75) is 85.2 Å². The summed E-state index contributed by atoms with van der Waals surface area (Å²) in [5.41, 5.74) is 0.443. The summed E-state index contributed by atoms with van der Waals surface area (Å²) >= 11 is 0. The predicted molar refractivity (Wildman–Crippen MR) is 122 cm³/mol. The number of nitrogens with zero attached hydrogens (tertiary/aromatic N) is 4. The van der Waals surface area contributed by atoms with Gasteiger partial charge in [-0.25, -0.2) is 4.99 Å². The first-order chi connectivity index (χ1) is 12.6. The Hall–Kier alpha value is -0.860. The van der Waals surface area contributed by atoms with Crippen LogP contribution in [-0.2, 0) is 19.5 Å². The Labute approximate surface area is 181 Å². The van der Waals surface area contributed by atoms with E-state index in [-0.39, 0.29) is 24.0 Å². The van der Waals surface area contributed by atoms with Gasteiger partial charge in [0.2, 0.25) is 0 Å². The summed E-state index contributed by atoms with van der Waals surface area (Å²) in [6, 6.07) is 0. The first-order valence-electron chi connectivity index (χ1n) is 10.5. The van der Waals surface area contributed by atoms with E-state index in [1.165, 1.54) is 44.9 Å². The molecule has 1 aliphatic heterocycles. The molecule has 1 aromatic heterocycles. The fraction of sp³-hybridized carbons (Fsp3) is 0.850. The van der Waals surface area contributed by atoms with Crippen LogP contribution in [0, 0.1) is 11.3 Å². The fourth-order valence-electron chi connectivity index (χ4n) is 4.69. The summed E-state index contributed by atoms with van der Waals surface area (Å²) in [4.78, 5) is 4.81. The third-order valence-electron chi connectivity index (χ3n) is 5.80. The lowest BCUT2D eigenvalue weighted by Gasteiger charge is -2.32. The lowest BCUT2D eigenvalue weighted by molar-refractivity contribution is 0.234. The molecule has 3 rings (SSSR count). The van der Waals surface area contributed by atoms with E-state index in [9.17, 15) is 0 Å². The molecule has 6 nitrogen and oxygen atoms in total. The van der Waals surface area contributed by atoms with E-state index >= 15 is 0 Å². The van der Waals surface area contributed by atoms with Crippen molar-refractivity contribution >= 4 is 29.9 Å². The van der Waals surface area contributed by atoms with E-state index in [0.29, 0.717) is 12.0 Å². The van der Waals surface area contributed by atoms with Gasteiger partial charge in [-0.05, 0) is 50.4 Å². The Morgan fingerprint density at radius 2 is 1.93 bits per heavy atom. The molecule has 0 radical (unpaired) electrons. The molecule has 2 N–H and O–H groups in total. The molecule has 1 aliphatic carbocycles. The highest BCUT2D eigenvalue weighted by Crippen LogP contribution is 2.42. The van der Waals surface area contributed by atoms with Crippen LogP contribution in [0.3, 0.4) is 0 Å². The van der Waals surface area contributed by atoms with Gasteiger partial charge in [0.05, 0.1) is 0 Å². The van der Waals surface area contributed by atoms with Gasteiger partial charge in [0.1, 0.15) is 12.4 Å². The van der Waals surface area contributed by atoms with E-state index in [1.54, 1.807) is 0 Å². The number of hydrogen-bond donors (Lipinski definition) is 2. The largest absolute Gasteiger partial charge is 0.357 e. The van der Waals surface area contributed by atoms with Gasteiger partial charge < -0.3 is 15.2 Å². The summed E-state index contributed by atoms with van der Waals surface area (Å²) in [7, 11) is 0. The topological polar surface area (TPSA) is 67.1 Å². The smallest absolute Gasteiger partial charge is 0.191 e. The van der Waals surface area contributed by atoms with Crippen LogP contribution in [0.4, 0.5) is 0 Å². The van der Waals surface area contributed by atoms with E-state index in [0.717, 1.165) is 49.6 Å². The molecule has 0 atom stereocenters. The Morgan fingerprint density at radius 1 is 1.15 bits per heavy atom. The van der Waals surface area contributed by atoms with Crippen LogP contribution < -0.4 is 10.6 Å². The molecule has 0 amide bonds. The van der Waals surface area contributed by atoms with E-state index < -0.39 is 0 Å². The van der Waals surface area contributed by atoms with Gasteiger partial charge in [-0.2, -0.15) is 0 Å². The third kappa shape index (κ3) is 6.06. The summed E-state index contributed by atoms with van der Waals surface area (Å²) < 4.78 is 2.26. The van der Waals surface area contributed by atoms with Gasteiger partial charge in [-0.15, -0.1) is 34.2 Å². The van der Waals surface area contributed by atoms with Gasteiger partial charge in [-0.3, -0.25) is 0 Å². The Morgan fingerprint density at radius 3 is 2.63 bits per heavy atom. The molecule has 1 saturated carbocycles. The third-order valence-corrected chi connectivity index (χ3v) is 5.80. The van der Waals surface area contributed by atoms with Crippen molar-refractivity contribution in [1.82, 2.24) is 25.4 Å². The summed E-state index contributed by atoms with van der Waals surface area (Å²) in [6.45, 7) is 10.3. The van der Waals surface area contributed by atoms with Crippen molar-refractivity contribution in [3.63, 3.8) is 0 Å². The lowest BCUT2D eigenvalue weighted by Crippen LogP contribution is -2.43. The second kappa shape index (κ2) is 10.6. The molecular weight excluding hydrogens is 451 g/mol. The van der Waals surface area contributed by atoms with Gasteiger partial charge in [0.15, 0.2) is 11.8 Å². The number of aromatic nitrogens is 3. The molecular formula is C20H37IN6. The number of nitrogens with one attached hydrogen (secondary N) is 2. The van der Waals surface area contributed by atoms with Crippen LogP contribution in [0.2, 0.25) is 0 Å². The minimum Gasteiger partial charge on any atom is -0.357 e. The van der Waals surface area contributed by atoms with Crippen LogP contribution in [-0.4, -0.2) is 33.8 Å². The molecule has 1 fully saturated rings. The quantitative estimate of drug-likeness (QED) is 0.347. The number of halogens is 1. The standard InChI is InChI=1S/C20H36N6.HI/c1-4-21-19(23-15-20(13-16(2)3)10-6-7-11-20)22-14-18-25-24-17-9-5-8-12-26(17)18;/h16H,4-15H2,1-3H3,(H2,21,22,23);1H. The zero-order chi connectivity index (χ0) is 18.4.